The van der Waals surface area contributed by atoms with Crippen LogP contribution in [0.2, 0.25) is 5.02 Å². The number of aryl methyl sites for hydroxylation is 2. The molecule has 0 amide bonds. The first-order chi connectivity index (χ1) is 9.10. The maximum absolute atomic E-state index is 6.12. The quantitative estimate of drug-likeness (QED) is 0.882. The van der Waals surface area contributed by atoms with Crippen LogP contribution < -0.4 is 10.1 Å². The van der Waals surface area contributed by atoms with Crippen LogP contribution in [0.1, 0.15) is 16.7 Å². The predicted molar refractivity (Wildman–Crippen MR) is 81.2 cm³/mol. The molecule has 2 aromatic rings. The third-order valence-corrected chi connectivity index (χ3v) is 3.53. The Balaban J connectivity index is 2.05. The lowest BCUT2D eigenvalue weighted by atomic mass is 10.1. The first-order valence-corrected chi connectivity index (χ1v) is 6.61. The molecule has 0 atom stereocenters. The molecule has 0 saturated heterocycles. The molecule has 0 spiro atoms. The molecule has 0 fully saturated rings. The van der Waals surface area contributed by atoms with E-state index in [1.54, 1.807) is 7.11 Å². The summed E-state index contributed by atoms with van der Waals surface area (Å²) >= 11 is 6.12. The zero-order valence-corrected chi connectivity index (χ0v) is 12.2. The monoisotopic (exact) mass is 275 g/mol. The number of hydrogen-bond donors (Lipinski definition) is 1. The van der Waals surface area contributed by atoms with Crippen molar-refractivity contribution in [1.82, 2.24) is 0 Å². The van der Waals surface area contributed by atoms with E-state index in [4.69, 9.17) is 16.3 Å². The van der Waals surface area contributed by atoms with Crippen molar-refractivity contribution in [2.45, 2.75) is 20.4 Å². The van der Waals surface area contributed by atoms with E-state index in [0.717, 1.165) is 34.1 Å². The summed E-state index contributed by atoms with van der Waals surface area (Å²) in [5.74, 6) is 0.906. The standard InChI is InChI=1S/C16H18ClNO/c1-11-4-5-13(9-15(11)17)10-18-14-6-7-16(19-3)12(2)8-14/h4-9,18H,10H2,1-3H3. The van der Waals surface area contributed by atoms with Gasteiger partial charge in [0.25, 0.3) is 0 Å². The molecular formula is C16H18ClNO. The van der Waals surface area contributed by atoms with E-state index >= 15 is 0 Å². The summed E-state index contributed by atoms with van der Waals surface area (Å²) in [5.41, 5.74) is 4.47. The summed E-state index contributed by atoms with van der Waals surface area (Å²) in [5, 5.41) is 4.20. The van der Waals surface area contributed by atoms with Crippen molar-refractivity contribution < 1.29 is 4.74 Å². The molecular weight excluding hydrogens is 258 g/mol. The van der Waals surface area contributed by atoms with Crippen LogP contribution in [0.5, 0.6) is 5.75 Å². The maximum atomic E-state index is 6.12. The molecule has 0 aliphatic rings. The summed E-state index contributed by atoms with van der Waals surface area (Å²) in [6.07, 6.45) is 0. The van der Waals surface area contributed by atoms with Gasteiger partial charge < -0.3 is 10.1 Å². The first-order valence-electron chi connectivity index (χ1n) is 6.23. The van der Waals surface area contributed by atoms with Crippen LogP contribution in [0, 0.1) is 13.8 Å². The van der Waals surface area contributed by atoms with Crippen molar-refractivity contribution in [2.24, 2.45) is 0 Å². The van der Waals surface area contributed by atoms with Crippen LogP contribution in [0.25, 0.3) is 0 Å². The minimum absolute atomic E-state index is 0.756. The fraction of sp³-hybridized carbons (Fsp3) is 0.250. The van der Waals surface area contributed by atoms with E-state index in [9.17, 15) is 0 Å². The molecule has 0 saturated carbocycles. The summed E-state index contributed by atoms with van der Waals surface area (Å²) < 4.78 is 5.25. The Hall–Kier alpha value is -1.67. The molecule has 0 aliphatic carbocycles. The minimum atomic E-state index is 0.756. The summed E-state index contributed by atoms with van der Waals surface area (Å²) in [6.45, 7) is 4.80. The van der Waals surface area contributed by atoms with Crippen molar-refractivity contribution in [3.05, 3.63) is 58.1 Å². The second-order valence-electron chi connectivity index (χ2n) is 4.62. The van der Waals surface area contributed by atoms with Crippen molar-refractivity contribution >= 4 is 17.3 Å². The average molecular weight is 276 g/mol. The third kappa shape index (κ3) is 3.42. The number of benzene rings is 2. The lowest BCUT2D eigenvalue weighted by Crippen LogP contribution is -2.00. The van der Waals surface area contributed by atoms with Gasteiger partial charge in [0, 0.05) is 17.3 Å². The van der Waals surface area contributed by atoms with Gasteiger partial charge >= 0.3 is 0 Å². The van der Waals surface area contributed by atoms with Crippen LogP contribution in [0.4, 0.5) is 5.69 Å². The van der Waals surface area contributed by atoms with Gasteiger partial charge in [-0.1, -0.05) is 23.7 Å². The van der Waals surface area contributed by atoms with E-state index < -0.39 is 0 Å². The van der Waals surface area contributed by atoms with Crippen molar-refractivity contribution in [3.63, 3.8) is 0 Å². The van der Waals surface area contributed by atoms with Gasteiger partial charge in [0.1, 0.15) is 5.75 Å². The van der Waals surface area contributed by atoms with Crippen molar-refractivity contribution in [1.29, 1.82) is 0 Å². The molecule has 3 heteroatoms. The normalized spacial score (nSPS) is 10.3. The smallest absolute Gasteiger partial charge is 0.121 e. The Kier molecular flexibility index (Phi) is 4.33. The van der Waals surface area contributed by atoms with Crippen LogP contribution in [-0.2, 0) is 6.54 Å². The Morgan fingerprint density at radius 2 is 1.84 bits per heavy atom. The van der Waals surface area contributed by atoms with Gasteiger partial charge in [-0.25, -0.2) is 0 Å². The highest BCUT2D eigenvalue weighted by Gasteiger charge is 2.01. The van der Waals surface area contributed by atoms with Gasteiger partial charge in [-0.05, 0) is 54.8 Å². The summed E-state index contributed by atoms with van der Waals surface area (Å²) in [4.78, 5) is 0. The lowest BCUT2D eigenvalue weighted by molar-refractivity contribution is 0.412. The summed E-state index contributed by atoms with van der Waals surface area (Å²) in [6, 6.07) is 12.2. The Morgan fingerprint density at radius 1 is 1.05 bits per heavy atom. The minimum Gasteiger partial charge on any atom is -0.496 e. The molecule has 0 unspecified atom stereocenters. The molecule has 100 valence electrons. The number of nitrogens with one attached hydrogen (secondary N) is 1. The number of hydrogen-bond acceptors (Lipinski definition) is 2. The number of ether oxygens (including phenoxy) is 1. The second-order valence-corrected chi connectivity index (χ2v) is 5.03. The Bertz CT molecular complexity index is 581. The van der Waals surface area contributed by atoms with E-state index in [2.05, 4.69) is 17.4 Å². The highest BCUT2D eigenvalue weighted by Crippen LogP contribution is 2.22. The van der Waals surface area contributed by atoms with Crippen molar-refractivity contribution in [3.8, 4) is 5.75 Å². The molecule has 2 aromatic carbocycles. The third-order valence-electron chi connectivity index (χ3n) is 3.13. The van der Waals surface area contributed by atoms with E-state index in [1.165, 1.54) is 5.56 Å². The fourth-order valence-corrected chi connectivity index (χ4v) is 2.14. The van der Waals surface area contributed by atoms with Crippen LogP contribution in [0.3, 0.4) is 0 Å². The topological polar surface area (TPSA) is 21.3 Å². The molecule has 1 N–H and O–H groups in total. The lowest BCUT2D eigenvalue weighted by Gasteiger charge is -2.10. The van der Waals surface area contributed by atoms with Gasteiger partial charge in [0.05, 0.1) is 7.11 Å². The number of rotatable bonds is 4. The maximum Gasteiger partial charge on any atom is 0.121 e. The van der Waals surface area contributed by atoms with Gasteiger partial charge in [0.15, 0.2) is 0 Å². The SMILES string of the molecule is COc1ccc(NCc2ccc(C)c(Cl)c2)cc1C. The van der Waals surface area contributed by atoms with Gasteiger partial charge in [-0.2, -0.15) is 0 Å². The molecule has 0 aromatic heterocycles. The van der Waals surface area contributed by atoms with Gasteiger partial charge in [-0.15, -0.1) is 0 Å². The van der Waals surface area contributed by atoms with Crippen LogP contribution in [0.15, 0.2) is 36.4 Å². The predicted octanol–water partition coefficient (Wildman–Crippen LogP) is 4.58. The average Bonchev–Trinajstić information content (AvgIpc) is 2.40. The Labute approximate surface area is 119 Å². The number of anilines is 1. The molecule has 0 radical (unpaired) electrons. The number of methoxy groups -OCH3 is 1. The number of halogens is 1. The highest BCUT2D eigenvalue weighted by atomic mass is 35.5. The van der Waals surface area contributed by atoms with Gasteiger partial charge in [-0.3, -0.25) is 0 Å². The second kappa shape index (κ2) is 5.98. The van der Waals surface area contributed by atoms with Gasteiger partial charge in [0.2, 0.25) is 0 Å². The Morgan fingerprint density at radius 3 is 2.47 bits per heavy atom. The molecule has 0 aliphatic heterocycles. The summed E-state index contributed by atoms with van der Waals surface area (Å²) in [7, 11) is 1.68. The van der Waals surface area contributed by atoms with E-state index in [0.29, 0.717) is 0 Å². The molecule has 2 rings (SSSR count). The fourth-order valence-electron chi connectivity index (χ4n) is 1.94. The van der Waals surface area contributed by atoms with Crippen LogP contribution >= 0.6 is 11.6 Å². The zero-order valence-electron chi connectivity index (χ0n) is 11.5. The van der Waals surface area contributed by atoms with Crippen molar-refractivity contribution in [2.75, 3.05) is 12.4 Å². The molecule has 19 heavy (non-hydrogen) atoms. The molecule has 0 bridgehead atoms. The van der Waals surface area contributed by atoms with E-state index in [-0.39, 0.29) is 0 Å². The molecule has 2 nitrogen and oxygen atoms in total. The van der Waals surface area contributed by atoms with Crippen LogP contribution in [-0.4, -0.2) is 7.11 Å². The largest absolute Gasteiger partial charge is 0.496 e. The van der Waals surface area contributed by atoms with E-state index in [1.807, 2.05) is 38.1 Å². The highest BCUT2D eigenvalue weighted by molar-refractivity contribution is 6.31. The molecule has 0 heterocycles. The first kappa shape index (κ1) is 13.8. The zero-order chi connectivity index (χ0) is 13.8.